The van der Waals surface area contributed by atoms with E-state index in [4.69, 9.17) is 0 Å². The first-order chi connectivity index (χ1) is 9.70. The van der Waals surface area contributed by atoms with Crippen molar-refractivity contribution in [3.05, 3.63) is 64.0 Å². The van der Waals surface area contributed by atoms with E-state index in [0.717, 1.165) is 11.3 Å². The van der Waals surface area contributed by atoms with E-state index in [2.05, 4.69) is 24.6 Å². The smallest absolute Gasteiger partial charge is 0.321 e. The van der Waals surface area contributed by atoms with Gasteiger partial charge in [-0.1, -0.05) is 30.3 Å². The Balaban J connectivity index is 1.97. The summed E-state index contributed by atoms with van der Waals surface area (Å²) >= 11 is 0. The molecule has 3 aromatic rings. The van der Waals surface area contributed by atoms with Crippen LogP contribution in [0.25, 0.3) is 11.5 Å². The molecule has 6 nitrogen and oxygen atoms in total. The minimum atomic E-state index is -0.666. The molecular formula is C14H12N4O2. The number of H-pyrrole nitrogens is 1. The van der Waals surface area contributed by atoms with Gasteiger partial charge >= 0.3 is 5.76 Å². The number of hydrogen-bond donors (Lipinski definition) is 1. The van der Waals surface area contributed by atoms with Crippen molar-refractivity contribution in [2.45, 2.75) is 13.3 Å². The molecule has 1 N–H and O–H groups in total. The number of aromatic amines is 1. The fraction of sp³-hybridized carbons (Fsp3) is 0.143. The van der Waals surface area contributed by atoms with E-state index in [0.29, 0.717) is 23.8 Å². The molecule has 20 heavy (non-hydrogen) atoms. The normalized spacial score (nSPS) is 10.7. The van der Waals surface area contributed by atoms with Crippen LogP contribution >= 0.6 is 0 Å². The number of nitrogens with zero attached hydrogens (tertiary/aromatic N) is 3. The van der Waals surface area contributed by atoms with Gasteiger partial charge in [0, 0.05) is 12.1 Å². The van der Waals surface area contributed by atoms with Gasteiger partial charge in [-0.25, -0.2) is 14.8 Å². The summed E-state index contributed by atoms with van der Waals surface area (Å²) in [5.74, 6) is 0.271. The second-order valence-electron chi connectivity index (χ2n) is 4.38. The summed E-state index contributed by atoms with van der Waals surface area (Å²) < 4.78 is 4.56. The third-order valence-corrected chi connectivity index (χ3v) is 2.80. The molecule has 0 aliphatic carbocycles. The molecule has 0 amide bonds. The Kier molecular flexibility index (Phi) is 3.12. The van der Waals surface area contributed by atoms with Crippen LogP contribution in [0.2, 0.25) is 0 Å². The van der Waals surface area contributed by atoms with Gasteiger partial charge in [-0.05, 0) is 18.6 Å². The Morgan fingerprint density at radius 1 is 1.15 bits per heavy atom. The molecule has 100 valence electrons. The van der Waals surface area contributed by atoms with Crippen molar-refractivity contribution in [1.29, 1.82) is 0 Å². The zero-order chi connectivity index (χ0) is 13.9. The third kappa shape index (κ3) is 2.64. The third-order valence-electron chi connectivity index (χ3n) is 2.80. The number of rotatable bonds is 3. The molecule has 0 aliphatic rings. The van der Waals surface area contributed by atoms with E-state index in [9.17, 15) is 4.79 Å². The number of nitrogens with one attached hydrogen (secondary N) is 1. The Morgan fingerprint density at radius 2 is 1.95 bits per heavy atom. The first-order valence-corrected chi connectivity index (χ1v) is 6.15. The van der Waals surface area contributed by atoms with Crippen LogP contribution in [0.1, 0.15) is 17.1 Å². The summed E-state index contributed by atoms with van der Waals surface area (Å²) in [6.07, 6.45) is 0.694. The fourth-order valence-corrected chi connectivity index (χ4v) is 1.98. The molecule has 0 atom stereocenters. The van der Waals surface area contributed by atoms with E-state index < -0.39 is 5.76 Å². The summed E-state index contributed by atoms with van der Waals surface area (Å²) in [5, 5.41) is 2.45. The van der Waals surface area contributed by atoms with Crippen molar-refractivity contribution < 1.29 is 4.52 Å². The maximum absolute atomic E-state index is 11.0. The van der Waals surface area contributed by atoms with Gasteiger partial charge in [0.1, 0.15) is 11.5 Å². The molecule has 0 aliphatic heterocycles. The molecule has 0 saturated carbocycles. The van der Waals surface area contributed by atoms with E-state index >= 15 is 0 Å². The topological polar surface area (TPSA) is 84.7 Å². The van der Waals surface area contributed by atoms with Gasteiger partial charge in [-0.3, -0.25) is 0 Å². The highest BCUT2D eigenvalue weighted by Gasteiger charge is 2.09. The molecular weight excluding hydrogens is 256 g/mol. The van der Waals surface area contributed by atoms with Crippen LogP contribution in [0.4, 0.5) is 0 Å². The summed E-state index contributed by atoms with van der Waals surface area (Å²) in [7, 11) is 0. The lowest BCUT2D eigenvalue weighted by Gasteiger charge is -2.04. The minimum absolute atomic E-state index is 0.315. The quantitative estimate of drug-likeness (QED) is 0.781. The summed E-state index contributed by atoms with van der Waals surface area (Å²) in [5.41, 5.74) is 2.57. The fourth-order valence-electron chi connectivity index (χ4n) is 1.98. The first-order valence-electron chi connectivity index (χ1n) is 6.15. The van der Waals surface area contributed by atoms with Crippen molar-refractivity contribution in [2.75, 3.05) is 0 Å². The zero-order valence-electron chi connectivity index (χ0n) is 10.8. The van der Waals surface area contributed by atoms with Crippen molar-refractivity contribution in [3.63, 3.8) is 0 Å². The predicted molar refractivity (Wildman–Crippen MR) is 72.1 cm³/mol. The molecule has 0 radical (unpaired) electrons. The Labute approximate surface area is 114 Å². The Hall–Kier alpha value is -2.76. The van der Waals surface area contributed by atoms with Gasteiger partial charge in [0.05, 0.1) is 0 Å². The number of aryl methyl sites for hydroxylation is 1. The van der Waals surface area contributed by atoms with Gasteiger partial charge in [-0.15, -0.1) is 0 Å². The monoisotopic (exact) mass is 268 g/mol. The lowest BCUT2D eigenvalue weighted by molar-refractivity contribution is 0.387. The molecule has 6 heteroatoms. The Bertz CT molecular complexity index is 777. The van der Waals surface area contributed by atoms with E-state index in [1.165, 1.54) is 0 Å². The largest absolute Gasteiger partial charge is 0.460 e. The van der Waals surface area contributed by atoms with Crippen LogP contribution in [0.5, 0.6) is 0 Å². The summed E-state index contributed by atoms with van der Waals surface area (Å²) in [6.45, 7) is 1.80. The predicted octanol–water partition coefficient (Wildman–Crippen LogP) is 1.72. The SMILES string of the molecule is Cc1nc(Cc2ccccc2)cc(-c2nc(=O)o[nH]2)n1. The number of benzene rings is 1. The summed E-state index contributed by atoms with van der Waals surface area (Å²) in [6, 6.07) is 11.8. The molecule has 0 bridgehead atoms. The lowest BCUT2D eigenvalue weighted by Crippen LogP contribution is -2.01. The Morgan fingerprint density at radius 3 is 2.65 bits per heavy atom. The van der Waals surface area contributed by atoms with Gasteiger partial charge in [0.2, 0.25) is 0 Å². The molecule has 2 heterocycles. The van der Waals surface area contributed by atoms with Crippen molar-refractivity contribution >= 4 is 0 Å². The van der Waals surface area contributed by atoms with Gasteiger partial charge < -0.3 is 4.52 Å². The summed E-state index contributed by atoms with van der Waals surface area (Å²) in [4.78, 5) is 23.3. The zero-order valence-corrected chi connectivity index (χ0v) is 10.8. The van der Waals surface area contributed by atoms with Crippen LogP contribution in [0.3, 0.4) is 0 Å². The van der Waals surface area contributed by atoms with Crippen molar-refractivity contribution in [2.24, 2.45) is 0 Å². The first kappa shape index (κ1) is 12.3. The van der Waals surface area contributed by atoms with E-state index in [1.54, 1.807) is 13.0 Å². The van der Waals surface area contributed by atoms with Crippen molar-refractivity contribution in [1.82, 2.24) is 20.1 Å². The molecule has 0 fully saturated rings. The molecule has 1 aromatic carbocycles. The molecule has 3 rings (SSSR count). The van der Waals surface area contributed by atoms with Gasteiger partial charge in [0.15, 0.2) is 5.82 Å². The highest BCUT2D eigenvalue weighted by atomic mass is 16.5. The van der Waals surface area contributed by atoms with Crippen LogP contribution < -0.4 is 5.76 Å². The van der Waals surface area contributed by atoms with Crippen LogP contribution in [0, 0.1) is 6.92 Å². The minimum Gasteiger partial charge on any atom is -0.321 e. The highest BCUT2D eigenvalue weighted by molar-refractivity contribution is 5.48. The second-order valence-corrected chi connectivity index (χ2v) is 4.38. The van der Waals surface area contributed by atoms with Gasteiger partial charge in [0.25, 0.3) is 0 Å². The van der Waals surface area contributed by atoms with Crippen molar-refractivity contribution in [3.8, 4) is 11.5 Å². The number of aromatic nitrogens is 4. The van der Waals surface area contributed by atoms with E-state index in [1.807, 2.05) is 30.3 Å². The molecule has 0 unspecified atom stereocenters. The van der Waals surface area contributed by atoms with Crippen LogP contribution in [-0.2, 0) is 6.42 Å². The maximum Gasteiger partial charge on any atom is 0.460 e. The molecule has 2 aromatic heterocycles. The average Bonchev–Trinajstić information content (AvgIpc) is 2.86. The standard InChI is InChI=1S/C14H12N4O2/c1-9-15-11(7-10-5-3-2-4-6-10)8-12(16-9)13-17-14(19)20-18-13/h2-6,8H,7H2,1H3,(H,17,18,19). The van der Waals surface area contributed by atoms with E-state index in [-0.39, 0.29) is 0 Å². The second kappa shape index (κ2) is 5.08. The lowest BCUT2D eigenvalue weighted by atomic mass is 10.1. The van der Waals surface area contributed by atoms with Crippen LogP contribution in [-0.4, -0.2) is 20.1 Å². The maximum atomic E-state index is 11.0. The number of hydrogen-bond acceptors (Lipinski definition) is 5. The van der Waals surface area contributed by atoms with Crippen LogP contribution in [0.15, 0.2) is 45.7 Å². The average molecular weight is 268 g/mol. The van der Waals surface area contributed by atoms with Gasteiger partial charge in [-0.2, -0.15) is 10.1 Å². The highest BCUT2D eigenvalue weighted by Crippen LogP contribution is 2.14. The molecule has 0 saturated heterocycles. The molecule has 0 spiro atoms.